The van der Waals surface area contributed by atoms with Crippen LogP contribution in [0.5, 0.6) is 0 Å². The largest absolute Gasteiger partial charge is 0.307 e. The molecule has 0 radical (unpaired) electrons. The van der Waals surface area contributed by atoms with Crippen LogP contribution in [-0.2, 0) is 0 Å². The smallest absolute Gasteiger partial charge is 0.123 e. The monoisotopic (exact) mass is 130 g/mol. The van der Waals surface area contributed by atoms with Gasteiger partial charge in [0.2, 0.25) is 0 Å². The lowest BCUT2D eigenvalue weighted by Gasteiger charge is -2.31. The summed E-state index contributed by atoms with van der Waals surface area (Å²) in [6.45, 7) is 12.3. The van der Waals surface area contributed by atoms with Crippen molar-refractivity contribution in [3.63, 3.8) is 0 Å². The Bertz CT molecular complexity index is 93.4. The average Bonchev–Trinajstić information content (AvgIpc) is 1.59. The molecule has 0 saturated carbocycles. The molecular formula is C8H19N. The molecule has 0 unspecified atom stereocenters. The Kier molecular flexibility index (Phi) is 1.80. The molecular weight excluding hydrogens is 110 g/mol. The van der Waals surface area contributed by atoms with Crippen LogP contribution in [0, 0.1) is 0 Å². The highest BCUT2D eigenvalue weighted by molar-refractivity contribution is 4.80. The van der Waals surface area contributed by atoms with Crippen LogP contribution in [0.2, 0.25) is 1.41 Å². The number of hydrogen-bond acceptors (Lipinski definition) is 1. The molecule has 0 saturated heterocycles. The highest BCUT2D eigenvalue weighted by atomic mass is 15.0. The molecule has 0 aliphatic carbocycles. The predicted molar refractivity (Wildman–Crippen MR) is 42.6 cm³/mol. The van der Waals surface area contributed by atoms with E-state index in [4.69, 9.17) is 1.41 Å². The van der Waals surface area contributed by atoms with Crippen LogP contribution < -0.4 is 5.31 Å². The molecule has 0 bridgehead atoms. The summed E-state index contributed by atoms with van der Waals surface area (Å²) >= 11 is 0. The van der Waals surface area contributed by atoms with Crippen molar-refractivity contribution < 1.29 is 1.41 Å². The SMILES string of the molecule is [2H]N(C(C)(C)C)C(C)(C)C. The standard InChI is InChI=1S/C8H19N/c1-7(2,3)9-8(4,5)6/h9H,1-6H3/i/hD. The lowest BCUT2D eigenvalue weighted by atomic mass is 10.0. The molecule has 0 aliphatic heterocycles. The van der Waals surface area contributed by atoms with Gasteiger partial charge in [0.1, 0.15) is 1.41 Å². The molecule has 1 heteroatoms. The highest BCUT2D eigenvalue weighted by Gasteiger charge is 2.17. The van der Waals surface area contributed by atoms with Crippen LogP contribution in [0.25, 0.3) is 0 Å². The zero-order valence-corrected chi connectivity index (χ0v) is 7.45. The third-order valence-electron chi connectivity index (χ3n) is 0.671. The topological polar surface area (TPSA) is 12.0 Å². The maximum atomic E-state index is 7.71. The summed E-state index contributed by atoms with van der Waals surface area (Å²) in [6, 6.07) is 0. The Morgan fingerprint density at radius 3 is 1.11 bits per heavy atom. The van der Waals surface area contributed by atoms with Gasteiger partial charge in [0, 0.05) is 11.1 Å². The van der Waals surface area contributed by atoms with E-state index in [0.29, 0.717) is 0 Å². The van der Waals surface area contributed by atoms with E-state index in [1.54, 1.807) is 5.31 Å². The summed E-state index contributed by atoms with van der Waals surface area (Å²) in [5.41, 5.74) is -0.115. The van der Waals surface area contributed by atoms with E-state index in [2.05, 4.69) is 0 Å². The van der Waals surface area contributed by atoms with E-state index in [9.17, 15) is 0 Å². The summed E-state index contributed by atoms with van der Waals surface area (Å²) < 4.78 is 7.71. The van der Waals surface area contributed by atoms with Crippen molar-refractivity contribution in [2.24, 2.45) is 0 Å². The van der Waals surface area contributed by atoms with Gasteiger partial charge >= 0.3 is 0 Å². The predicted octanol–water partition coefficient (Wildman–Crippen LogP) is 2.17. The second-order valence-corrected chi connectivity index (χ2v) is 4.45. The van der Waals surface area contributed by atoms with Gasteiger partial charge in [0.15, 0.2) is 0 Å². The molecule has 0 aromatic carbocycles. The van der Waals surface area contributed by atoms with E-state index in [0.717, 1.165) is 0 Å². The van der Waals surface area contributed by atoms with Gasteiger partial charge in [0.05, 0.1) is 0 Å². The molecule has 56 valence electrons. The third kappa shape index (κ3) is 7.96. The minimum atomic E-state index is -0.0573. The van der Waals surface area contributed by atoms with Crippen LogP contribution in [0.15, 0.2) is 0 Å². The van der Waals surface area contributed by atoms with Crippen molar-refractivity contribution in [3.05, 3.63) is 0 Å². The Morgan fingerprint density at radius 2 is 1.11 bits per heavy atom. The van der Waals surface area contributed by atoms with E-state index in [-0.39, 0.29) is 11.1 Å². The van der Waals surface area contributed by atoms with Crippen LogP contribution in [0.1, 0.15) is 41.5 Å². The number of nitrogens with one attached hydrogen (secondary N) is 1. The molecule has 1 nitrogen and oxygen atoms in total. The van der Waals surface area contributed by atoms with Crippen molar-refractivity contribution in [1.82, 2.24) is 5.31 Å². The second-order valence-electron chi connectivity index (χ2n) is 4.45. The van der Waals surface area contributed by atoms with E-state index >= 15 is 0 Å². The van der Waals surface area contributed by atoms with Gasteiger partial charge in [0.25, 0.3) is 0 Å². The normalized spacial score (nSPS) is 16.1. The fourth-order valence-corrected chi connectivity index (χ4v) is 1.01. The molecule has 0 aromatic rings. The first-order valence-corrected chi connectivity index (χ1v) is 3.45. The van der Waals surface area contributed by atoms with Gasteiger partial charge in [-0.05, 0) is 41.5 Å². The van der Waals surface area contributed by atoms with Gasteiger partial charge in [-0.15, -0.1) is 0 Å². The van der Waals surface area contributed by atoms with Gasteiger partial charge < -0.3 is 5.31 Å². The first kappa shape index (κ1) is 7.07. The van der Waals surface area contributed by atoms with Crippen LogP contribution in [-0.4, -0.2) is 11.1 Å². The van der Waals surface area contributed by atoms with Gasteiger partial charge in [-0.1, -0.05) is 0 Å². The van der Waals surface area contributed by atoms with Crippen molar-refractivity contribution >= 4 is 0 Å². The molecule has 0 amide bonds. The summed E-state index contributed by atoms with van der Waals surface area (Å²) in [7, 11) is 0. The maximum Gasteiger partial charge on any atom is 0.123 e. The highest BCUT2D eigenvalue weighted by Crippen LogP contribution is 2.08. The molecule has 0 atom stereocenters. The summed E-state index contributed by atoms with van der Waals surface area (Å²) in [5, 5.41) is 1.62. The quantitative estimate of drug-likeness (QED) is 0.530. The zero-order chi connectivity index (χ0) is 8.58. The molecule has 0 rings (SSSR count). The first-order valence-electron chi connectivity index (χ1n) is 3.89. The Labute approximate surface area is 60.3 Å². The number of rotatable bonds is 0. The van der Waals surface area contributed by atoms with Gasteiger partial charge in [-0.25, -0.2) is 0 Å². The fourth-order valence-electron chi connectivity index (χ4n) is 1.01. The Hall–Kier alpha value is -0.0400. The molecule has 0 aliphatic rings. The Balaban J connectivity index is 4.23. The maximum absolute atomic E-state index is 7.71. The molecule has 9 heavy (non-hydrogen) atoms. The second kappa shape index (κ2) is 2.30. The summed E-state index contributed by atoms with van der Waals surface area (Å²) in [5.74, 6) is 0. The summed E-state index contributed by atoms with van der Waals surface area (Å²) in [4.78, 5) is 0. The molecule has 1 N–H and O–H groups in total. The van der Waals surface area contributed by atoms with Crippen LogP contribution in [0.4, 0.5) is 0 Å². The molecule has 0 aromatic heterocycles. The van der Waals surface area contributed by atoms with Gasteiger partial charge in [-0.3, -0.25) is 0 Å². The van der Waals surface area contributed by atoms with E-state index < -0.39 is 0 Å². The fraction of sp³-hybridized carbons (Fsp3) is 1.00. The van der Waals surface area contributed by atoms with Crippen LogP contribution >= 0.6 is 0 Å². The van der Waals surface area contributed by atoms with Crippen molar-refractivity contribution in [2.45, 2.75) is 52.6 Å². The molecule has 0 fully saturated rings. The van der Waals surface area contributed by atoms with Gasteiger partial charge in [-0.2, -0.15) is 0 Å². The lowest BCUT2D eigenvalue weighted by Crippen LogP contribution is -2.48. The van der Waals surface area contributed by atoms with Crippen molar-refractivity contribution in [2.75, 3.05) is 0 Å². The van der Waals surface area contributed by atoms with Crippen molar-refractivity contribution in [1.29, 1.82) is 0 Å². The van der Waals surface area contributed by atoms with Crippen LogP contribution in [0.3, 0.4) is 0 Å². The minimum absolute atomic E-state index is 0.0573. The lowest BCUT2D eigenvalue weighted by molar-refractivity contribution is 0.303. The first-order chi connectivity index (χ1) is 4.15. The number of hydrogen-bond donors (Lipinski definition) is 1. The summed E-state index contributed by atoms with van der Waals surface area (Å²) in [6.07, 6.45) is 0. The third-order valence-corrected chi connectivity index (χ3v) is 0.671. The zero-order valence-electron chi connectivity index (χ0n) is 8.45. The Morgan fingerprint density at radius 1 is 0.889 bits per heavy atom. The molecule has 0 heterocycles. The van der Waals surface area contributed by atoms with E-state index in [1.165, 1.54) is 0 Å². The average molecular weight is 130 g/mol. The van der Waals surface area contributed by atoms with Crippen molar-refractivity contribution in [3.8, 4) is 0 Å². The molecule has 0 spiro atoms. The van der Waals surface area contributed by atoms with E-state index in [1.807, 2.05) is 41.5 Å². The minimum Gasteiger partial charge on any atom is -0.307 e.